The van der Waals surface area contributed by atoms with E-state index in [2.05, 4.69) is 5.32 Å². The molecule has 3 rings (SSSR count). The zero-order chi connectivity index (χ0) is 23.3. The number of hydrogen-bond donors (Lipinski definition) is 1. The molecule has 0 radical (unpaired) electrons. The van der Waals surface area contributed by atoms with Crippen molar-refractivity contribution in [3.8, 4) is 0 Å². The van der Waals surface area contributed by atoms with Crippen LogP contribution in [0.1, 0.15) is 29.7 Å². The van der Waals surface area contributed by atoms with Gasteiger partial charge in [-0.15, -0.1) is 0 Å². The Kier molecular flexibility index (Phi) is 7.96. The molecule has 0 fully saturated rings. The molecule has 0 aliphatic carbocycles. The van der Waals surface area contributed by atoms with Crippen molar-refractivity contribution in [1.29, 1.82) is 0 Å². The molecule has 32 heavy (non-hydrogen) atoms. The van der Waals surface area contributed by atoms with E-state index in [0.29, 0.717) is 15.6 Å². The first-order valence-corrected chi connectivity index (χ1v) is 12.2. The van der Waals surface area contributed by atoms with Crippen molar-refractivity contribution in [2.24, 2.45) is 0 Å². The topological polar surface area (TPSA) is 66.5 Å². The largest absolute Gasteiger partial charge is 0.348 e. The molecule has 0 saturated heterocycles. The van der Waals surface area contributed by atoms with Crippen molar-refractivity contribution in [2.75, 3.05) is 6.54 Å². The average molecular weight is 491 g/mol. The minimum Gasteiger partial charge on any atom is -0.348 e. The van der Waals surface area contributed by atoms with Gasteiger partial charge >= 0.3 is 0 Å². The Labute approximate surface area is 199 Å². The first kappa shape index (κ1) is 24.3. The second-order valence-corrected chi connectivity index (χ2v) is 10.3. The molecule has 0 aromatic heterocycles. The Bertz CT molecular complexity index is 1180. The summed E-state index contributed by atoms with van der Waals surface area (Å²) in [5, 5.41) is 3.65. The predicted octanol–water partition coefficient (Wildman–Crippen LogP) is 5.37. The van der Waals surface area contributed by atoms with E-state index in [0.717, 1.165) is 15.4 Å². The minimum atomic E-state index is -3.96. The molecule has 3 aromatic rings. The lowest BCUT2D eigenvalue weighted by atomic mass is 10.1. The summed E-state index contributed by atoms with van der Waals surface area (Å²) in [6, 6.07) is 20.5. The Balaban J connectivity index is 1.87. The van der Waals surface area contributed by atoms with Gasteiger partial charge in [0.2, 0.25) is 15.9 Å². The predicted molar refractivity (Wildman–Crippen MR) is 128 cm³/mol. The maximum atomic E-state index is 13.4. The molecule has 0 aliphatic rings. The maximum absolute atomic E-state index is 13.4. The van der Waals surface area contributed by atoms with Gasteiger partial charge in [0.15, 0.2) is 0 Å². The summed E-state index contributed by atoms with van der Waals surface area (Å²) in [4.78, 5) is 12.9. The van der Waals surface area contributed by atoms with Crippen molar-refractivity contribution >= 4 is 39.1 Å². The molecule has 0 bridgehead atoms. The third-order valence-corrected chi connectivity index (χ3v) is 7.41. The molecule has 0 heterocycles. The summed E-state index contributed by atoms with van der Waals surface area (Å²) in [7, 11) is -3.96. The number of nitrogens with one attached hydrogen (secondary N) is 1. The highest BCUT2D eigenvalue weighted by Gasteiger charge is 2.28. The van der Waals surface area contributed by atoms with Gasteiger partial charge in [0.25, 0.3) is 0 Å². The molecular formula is C24H24Cl2N2O3S. The monoisotopic (exact) mass is 490 g/mol. The summed E-state index contributed by atoms with van der Waals surface area (Å²) in [5.74, 6) is -0.415. The highest BCUT2D eigenvalue weighted by Crippen LogP contribution is 2.25. The minimum absolute atomic E-state index is 0.0701. The van der Waals surface area contributed by atoms with Crippen molar-refractivity contribution in [3.05, 3.63) is 99.5 Å². The second-order valence-electron chi connectivity index (χ2n) is 7.52. The summed E-state index contributed by atoms with van der Waals surface area (Å²) < 4.78 is 27.9. The zero-order valence-corrected chi connectivity index (χ0v) is 20.1. The summed E-state index contributed by atoms with van der Waals surface area (Å²) in [5.41, 5.74) is 2.41. The molecule has 0 unspecified atom stereocenters. The Morgan fingerprint density at radius 1 is 1.00 bits per heavy atom. The number of rotatable bonds is 8. The molecule has 0 spiro atoms. The van der Waals surface area contributed by atoms with Crippen LogP contribution in [0.4, 0.5) is 0 Å². The number of sulfonamides is 1. The van der Waals surface area contributed by atoms with E-state index in [1.807, 2.05) is 44.2 Å². The van der Waals surface area contributed by atoms with Gasteiger partial charge in [0.1, 0.15) is 0 Å². The first-order chi connectivity index (χ1) is 15.2. The first-order valence-electron chi connectivity index (χ1n) is 10.0. The Hall–Kier alpha value is -2.38. The number of nitrogens with zero attached hydrogens (tertiary/aromatic N) is 1. The Morgan fingerprint density at radius 2 is 1.66 bits per heavy atom. The van der Waals surface area contributed by atoms with Crippen molar-refractivity contribution in [2.45, 2.75) is 31.3 Å². The van der Waals surface area contributed by atoms with Gasteiger partial charge in [-0.05, 0) is 49.2 Å². The molecule has 3 aromatic carbocycles. The lowest BCUT2D eigenvalue weighted by Gasteiger charge is -2.24. The van der Waals surface area contributed by atoms with Crippen LogP contribution in [0.3, 0.4) is 0 Å². The standard InChI is InChI=1S/C24H24Cl2N2O3S/c1-17-8-12-22(13-9-17)32(30,31)28(15-20-10-11-21(25)14-23(20)26)16-24(29)27-18(2)19-6-4-3-5-7-19/h3-14,18H,15-16H2,1-2H3,(H,27,29)/t18-/m1/s1. The van der Waals surface area contributed by atoms with Crippen LogP contribution in [-0.2, 0) is 21.4 Å². The van der Waals surface area contributed by atoms with E-state index in [1.54, 1.807) is 30.3 Å². The molecule has 5 nitrogen and oxygen atoms in total. The van der Waals surface area contributed by atoms with E-state index < -0.39 is 15.9 Å². The van der Waals surface area contributed by atoms with Gasteiger partial charge < -0.3 is 5.32 Å². The van der Waals surface area contributed by atoms with Gasteiger partial charge in [0.05, 0.1) is 17.5 Å². The van der Waals surface area contributed by atoms with Crippen LogP contribution < -0.4 is 5.32 Å². The second kappa shape index (κ2) is 10.5. The normalized spacial score (nSPS) is 12.5. The van der Waals surface area contributed by atoms with Crippen molar-refractivity contribution < 1.29 is 13.2 Å². The van der Waals surface area contributed by atoms with E-state index in [9.17, 15) is 13.2 Å². The molecule has 0 saturated carbocycles. The van der Waals surface area contributed by atoms with E-state index in [1.165, 1.54) is 12.1 Å². The van der Waals surface area contributed by atoms with Gasteiger partial charge in [-0.25, -0.2) is 8.42 Å². The highest BCUT2D eigenvalue weighted by molar-refractivity contribution is 7.89. The fraction of sp³-hybridized carbons (Fsp3) is 0.208. The number of carbonyl (C=O) groups excluding carboxylic acids is 1. The molecule has 168 valence electrons. The summed E-state index contributed by atoms with van der Waals surface area (Å²) >= 11 is 12.3. The number of aryl methyl sites for hydroxylation is 1. The highest BCUT2D eigenvalue weighted by atomic mass is 35.5. The van der Waals surface area contributed by atoms with Crippen LogP contribution >= 0.6 is 23.2 Å². The van der Waals surface area contributed by atoms with Crippen LogP contribution in [0.2, 0.25) is 10.0 Å². The Morgan fingerprint density at radius 3 is 2.28 bits per heavy atom. The van der Waals surface area contributed by atoms with E-state index in [-0.39, 0.29) is 24.0 Å². The number of halogens is 2. The molecule has 1 amide bonds. The summed E-state index contributed by atoms with van der Waals surface area (Å²) in [6.45, 7) is 3.30. The van der Waals surface area contributed by atoms with Gasteiger partial charge in [0, 0.05) is 16.6 Å². The summed E-state index contributed by atoms with van der Waals surface area (Å²) in [6.07, 6.45) is 0. The fourth-order valence-corrected chi connectivity index (χ4v) is 5.04. The average Bonchev–Trinajstić information content (AvgIpc) is 2.75. The number of hydrogen-bond acceptors (Lipinski definition) is 3. The maximum Gasteiger partial charge on any atom is 0.243 e. The van der Waals surface area contributed by atoms with Crippen LogP contribution in [-0.4, -0.2) is 25.2 Å². The number of amides is 1. The van der Waals surface area contributed by atoms with Gasteiger partial charge in [-0.3, -0.25) is 4.79 Å². The SMILES string of the molecule is Cc1ccc(S(=O)(=O)N(CC(=O)N[C@H](C)c2ccccc2)Cc2ccc(Cl)cc2Cl)cc1. The fourth-order valence-electron chi connectivity index (χ4n) is 3.20. The number of benzene rings is 3. The van der Waals surface area contributed by atoms with Crippen molar-refractivity contribution in [1.82, 2.24) is 9.62 Å². The molecule has 1 atom stereocenters. The van der Waals surface area contributed by atoms with Gasteiger partial charge in [-0.2, -0.15) is 4.31 Å². The molecular weight excluding hydrogens is 467 g/mol. The third kappa shape index (κ3) is 6.11. The van der Waals surface area contributed by atoms with Crippen LogP contribution in [0.15, 0.2) is 77.7 Å². The quantitative estimate of drug-likeness (QED) is 0.461. The van der Waals surface area contributed by atoms with E-state index in [4.69, 9.17) is 23.2 Å². The van der Waals surface area contributed by atoms with Crippen molar-refractivity contribution in [3.63, 3.8) is 0 Å². The van der Waals surface area contributed by atoms with Gasteiger partial charge in [-0.1, -0.05) is 77.3 Å². The van der Waals surface area contributed by atoms with Crippen LogP contribution in [0.5, 0.6) is 0 Å². The third-order valence-electron chi connectivity index (χ3n) is 5.02. The molecule has 0 aliphatic heterocycles. The zero-order valence-electron chi connectivity index (χ0n) is 17.8. The number of carbonyl (C=O) groups is 1. The molecule has 1 N–H and O–H groups in total. The van der Waals surface area contributed by atoms with Crippen LogP contribution in [0, 0.1) is 6.92 Å². The van der Waals surface area contributed by atoms with E-state index >= 15 is 0 Å². The smallest absolute Gasteiger partial charge is 0.243 e. The van der Waals surface area contributed by atoms with Crippen LogP contribution in [0.25, 0.3) is 0 Å². The lowest BCUT2D eigenvalue weighted by molar-refractivity contribution is -0.122. The molecule has 8 heteroatoms. The lowest BCUT2D eigenvalue weighted by Crippen LogP contribution is -2.41.